The normalized spacial score (nSPS) is 15.6. The highest BCUT2D eigenvalue weighted by molar-refractivity contribution is 8.00. The van der Waals surface area contributed by atoms with Gasteiger partial charge in [-0.1, -0.05) is 6.07 Å². The Kier molecular flexibility index (Phi) is 3.88. The van der Waals surface area contributed by atoms with Crippen molar-refractivity contribution in [2.45, 2.75) is 17.7 Å². The minimum absolute atomic E-state index is 0.00280. The van der Waals surface area contributed by atoms with Gasteiger partial charge in [-0.25, -0.2) is 5.43 Å². The fourth-order valence-electron chi connectivity index (χ4n) is 1.75. The highest BCUT2D eigenvalue weighted by Crippen LogP contribution is 2.33. The van der Waals surface area contributed by atoms with Crippen LogP contribution in [0.5, 0.6) is 0 Å². The molecule has 1 atom stereocenters. The summed E-state index contributed by atoms with van der Waals surface area (Å²) in [6.07, 6.45) is 0. The van der Waals surface area contributed by atoms with Crippen molar-refractivity contribution in [2.75, 3.05) is 18.1 Å². The number of amides is 2. The van der Waals surface area contributed by atoms with Crippen molar-refractivity contribution in [3.05, 3.63) is 23.8 Å². The zero-order valence-corrected chi connectivity index (χ0v) is 11.1. The van der Waals surface area contributed by atoms with Gasteiger partial charge in [0.15, 0.2) is 0 Å². The molecule has 1 unspecified atom stereocenters. The predicted molar refractivity (Wildman–Crippen MR) is 71.4 cm³/mol. The summed E-state index contributed by atoms with van der Waals surface area (Å²) in [5.41, 5.74) is 6.83. The molecule has 0 aromatic heterocycles. The van der Waals surface area contributed by atoms with E-state index in [-0.39, 0.29) is 17.7 Å². The van der Waals surface area contributed by atoms with E-state index in [2.05, 4.69) is 16.2 Å². The number of fused-ring (bicyclic) bond motifs is 1. The number of rotatable bonds is 3. The van der Waals surface area contributed by atoms with Crippen LogP contribution >= 0.6 is 11.8 Å². The smallest absolute Gasteiger partial charge is 0.241 e. The number of hydrogen-bond donors (Lipinski definition) is 3. The number of thioether (sulfide) groups is 1. The first-order chi connectivity index (χ1) is 8.61. The molecule has 3 N–H and O–H groups in total. The molecule has 0 aliphatic carbocycles. The zero-order valence-electron chi connectivity index (χ0n) is 10.2. The third-order valence-electron chi connectivity index (χ3n) is 2.78. The second kappa shape index (κ2) is 5.41. The van der Waals surface area contributed by atoms with Gasteiger partial charge in [0, 0.05) is 11.9 Å². The van der Waals surface area contributed by atoms with Gasteiger partial charge in [0.1, 0.15) is 0 Å². The van der Waals surface area contributed by atoms with Gasteiger partial charge in [0.2, 0.25) is 11.8 Å². The van der Waals surface area contributed by atoms with Crippen molar-refractivity contribution in [3.8, 4) is 0 Å². The number of carbonyl (C=O) groups excluding carboxylic acids is 2. The Morgan fingerprint density at radius 2 is 2.28 bits per heavy atom. The van der Waals surface area contributed by atoms with Crippen molar-refractivity contribution in [1.82, 2.24) is 10.9 Å². The van der Waals surface area contributed by atoms with E-state index in [1.165, 1.54) is 11.8 Å². The van der Waals surface area contributed by atoms with Crippen LogP contribution < -0.4 is 16.2 Å². The molecule has 6 heteroatoms. The van der Waals surface area contributed by atoms with E-state index in [0.29, 0.717) is 5.75 Å². The Balaban J connectivity index is 2.22. The van der Waals surface area contributed by atoms with Crippen molar-refractivity contribution >= 4 is 29.3 Å². The van der Waals surface area contributed by atoms with Crippen molar-refractivity contribution in [3.63, 3.8) is 0 Å². The third-order valence-corrected chi connectivity index (χ3v) is 3.85. The molecule has 1 aromatic rings. The maximum atomic E-state index is 11.7. The van der Waals surface area contributed by atoms with Crippen LogP contribution in [0.2, 0.25) is 0 Å². The van der Waals surface area contributed by atoms with E-state index in [1.54, 1.807) is 7.05 Å². The predicted octanol–water partition coefficient (Wildman–Crippen LogP) is 1.08. The molecule has 0 saturated heterocycles. The second-order valence-electron chi connectivity index (χ2n) is 4.05. The molecule has 18 heavy (non-hydrogen) atoms. The molecule has 0 spiro atoms. The van der Waals surface area contributed by atoms with Gasteiger partial charge in [-0.05, 0) is 24.6 Å². The fourth-order valence-corrected chi connectivity index (χ4v) is 2.54. The number of benzene rings is 1. The van der Waals surface area contributed by atoms with E-state index >= 15 is 0 Å². The number of anilines is 1. The van der Waals surface area contributed by atoms with Crippen molar-refractivity contribution in [1.29, 1.82) is 0 Å². The summed E-state index contributed by atoms with van der Waals surface area (Å²) in [4.78, 5) is 24.1. The van der Waals surface area contributed by atoms with Gasteiger partial charge in [-0.15, -0.1) is 11.8 Å². The molecule has 0 radical (unpaired) electrons. The van der Waals surface area contributed by atoms with Gasteiger partial charge in [0.25, 0.3) is 0 Å². The lowest BCUT2D eigenvalue weighted by molar-refractivity contribution is -0.123. The standard InChI is InChI=1S/C12H15N3O2S/c1-7(12(17)15-13-2)8-3-4-10-9(5-8)14-11(16)6-18-10/h3-5,7,13H,6H2,1-2H3,(H,14,16)(H,15,17). The van der Waals surface area contributed by atoms with Crippen LogP contribution in [0.3, 0.4) is 0 Å². The number of carbonyl (C=O) groups is 2. The molecule has 1 aromatic carbocycles. The Morgan fingerprint density at radius 3 is 3.00 bits per heavy atom. The van der Waals surface area contributed by atoms with Crippen LogP contribution in [0.4, 0.5) is 5.69 Å². The highest BCUT2D eigenvalue weighted by atomic mass is 32.2. The Hall–Kier alpha value is -1.53. The summed E-state index contributed by atoms with van der Waals surface area (Å²) < 4.78 is 0. The molecular formula is C12H15N3O2S. The molecule has 2 amide bonds. The maximum absolute atomic E-state index is 11.7. The van der Waals surface area contributed by atoms with Crippen LogP contribution in [-0.2, 0) is 9.59 Å². The highest BCUT2D eigenvalue weighted by Gasteiger charge is 2.19. The average Bonchev–Trinajstić information content (AvgIpc) is 2.37. The minimum Gasteiger partial charge on any atom is -0.324 e. The molecule has 0 saturated carbocycles. The summed E-state index contributed by atoms with van der Waals surface area (Å²) >= 11 is 1.51. The average molecular weight is 265 g/mol. The van der Waals surface area contributed by atoms with Crippen molar-refractivity contribution in [2.24, 2.45) is 0 Å². The minimum atomic E-state index is -0.272. The zero-order chi connectivity index (χ0) is 13.1. The topological polar surface area (TPSA) is 70.2 Å². The monoisotopic (exact) mass is 265 g/mol. The van der Waals surface area contributed by atoms with Crippen molar-refractivity contribution < 1.29 is 9.59 Å². The van der Waals surface area contributed by atoms with Crippen LogP contribution in [0.25, 0.3) is 0 Å². The van der Waals surface area contributed by atoms with Gasteiger partial charge < -0.3 is 5.32 Å². The molecule has 1 aliphatic rings. The molecule has 0 fully saturated rings. The number of hydrogen-bond acceptors (Lipinski definition) is 4. The summed E-state index contributed by atoms with van der Waals surface area (Å²) in [6.45, 7) is 1.83. The Labute approximate surface area is 110 Å². The Morgan fingerprint density at radius 1 is 1.50 bits per heavy atom. The molecule has 5 nitrogen and oxygen atoms in total. The Bertz CT molecular complexity index is 490. The van der Waals surface area contributed by atoms with Crippen LogP contribution in [0.1, 0.15) is 18.4 Å². The summed E-state index contributed by atoms with van der Waals surface area (Å²) in [5.74, 6) is 0.0677. The fraction of sp³-hybridized carbons (Fsp3) is 0.333. The molecule has 0 bridgehead atoms. The molecule has 2 rings (SSSR count). The second-order valence-corrected chi connectivity index (χ2v) is 5.07. The van der Waals surface area contributed by atoms with Gasteiger partial charge in [-0.3, -0.25) is 15.0 Å². The van der Waals surface area contributed by atoms with Gasteiger partial charge >= 0.3 is 0 Å². The molecule has 1 aliphatic heterocycles. The SMILES string of the molecule is CNNC(=O)C(C)c1ccc2c(c1)NC(=O)CS2. The van der Waals surface area contributed by atoms with Crippen LogP contribution in [0.15, 0.2) is 23.1 Å². The first kappa shape index (κ1) is 12.9. The largest absolute Gasteiger partial charge is 0.324 e. The van der Waals surface area contributed by atoms with E-state index < -0.39 is 0 Å². The van der Waals surface area contributed by atoms with E-state index in [1.807, 2.05) is 25.1 Å². The van der Waals surface area contributed by atoms with Crippen LogP contribution in [-0.4, -0.2) is 24.6 Å². The first-order valence-electron chi connectivity index (χ1n) is 5.65. The van der Waals surface area contributed by atoms with Crippen LogP contribution in [0, 0.1) is 0 Å². The van der Waals surface area contributed by atoms with E-state index in [4.69, 9.17) is 0 Å². The summed E-state index contributed by atoms with van der Waals surface area (Å²) in [6, 6.07) is 5.72. The van der Waals surface area contributed by atoms with E-state index in [9.17, 15) is 9.59 Å². The molecular weight excluding hydrogens is 250 g/mol. The lowest BCUT2D eigenvalue weighted by Crippen LogP contribution is -2.37. The molecule has 1 heterocycles. The first-order valence-corrected chi connectivity index (χ1v) is 6.63. The summed E-state index contributed by atoms with van der Waals surface area (Å²) in [5, 5.41) is 2.82. The molecule has 96 valence electrons. The quantitative estimate of drug-likeness (QED) is 0.715. The number of hydrazine groups is 1. The lowest BCUT2D eigenvalue weighted by Gasteiger charge is -2.19. The third kappa shape index (κ3) is 2.65. The van der Waals surface area contributed by atoms with Gasteiger partial charge in [0.05, 0.1) is 17.4 Å². The number of nitrogens with one attached hydrogen (secondary N) is 3. The summed E-state index contributed by atoms with van der Waals surface area (Å²) in [7, 11) is 1.65. The maximum Gasteiger partial charge on any atom is 0.241 e. The van der Waals surface area contributed by atoms with E-state index in [0.717, 1.165) is 16.1 Å². The lowest BCUT2D eigenvalue weighted by atomic mass is 10.00. The van der Waals surface area contributed by atoms with Gasteiger partial charge in [-0.2, -0.15) is 0 Å².